The number of halogens is 1. The van der Waals surface area contributed by atoms with Crippen molar-refractivity contribution in [1.82, 2.24) is 5.01 Å². The number of amidine groups is 1. The summed E-state index contributed by atoms with van der Waals surface area (Å²) in [6.45, 7) is 4.61. The Morgan fingerprint density at radius 3 is 3.00 bits per heavy atom. The lowest BCUT2D eigenvalue weighted by atomic mass is 9.99. The molecule has 0 spiro atoms. The Hall–Kier alpha value is -2.28. The quantitative estimate of drug-likeness (QED) is 0.643. The van der Waals surface area contributed by atoms with Gasteiger partial charge in [0.15, 0.2) is 0 Å². The number of rotatable bonds is 2. The lowest BCUT2D eigenvalue weighted by Gasteiger charge is -2.14. The molecular weight excluding hydrogens is 308 g/mol. The fourth-order valence-electron chi connectivity index (χ4n) is 2.17. The number of amides is 1. The standard InChI is InChI=1S/C14H17ClN4O3/c1-3-17-14(22-13(16)21)19-7-8(2)11(18-19)9-5-4-6-10(15)12(9)20/h4-6,8,20H,3,7H2,1-2H3,(H2,16,21). The van der Waals surface area contributed by atoms with Crippen molar-refractivity contribution < 1.29 is 14.6 Å². The zero-order valence-electron chi connectivity index (χ0n) is 12.3. The van der Waals surface area contributed by atoms with Crippen LogP contribution in [0.3, 0.4) is 0 Å². The number of aromatic hydroxyl groups is 1. The first-order valence-corrected chi connectivity index (χ1v) is 7.17. The summed E-state index contributed by atoms with van der Waals surface area (Å²) in [5.41, 5.74) is 6.22. The summed E-state index contributed by atoms with van der Waals surface area (Å²) < 4.78 is 4.88. The van der Waals surface area contributed by atoms with Crippen molar-refractivity contribution in [2.45, 2.75) is 13.8 Å². The van der Waals surface area contributed by atoms with Crippen molar-refractivity contribution in [3.05, 3.63) is 28.8 Å². The molecule has 118 valence electrons. The molecule has 0 bridgehead atoms. The van der Waals surface area contributed by atoms with Crippen LogP contribution < -0.4 is 5.73 Å². The second-order valence-corrected chi connectivity index (χ2v) is 5.19. The first kappa shape index (κ1) is 16.1. The monoisotopic (exact) mass is 324 g/mol. The van der Waals surface area contributed by atoms with Crippen molar-refractivity contribution in [3.63, 3.8) is 0 Å². The molecule has 0 saturated carbocycles. The second-order valence-electron chi connectivity index (χ2n) is 4.78. The molecule has 1 aliphatic rings. The van der Waals surface area contributed by atoms with Gasteiger partial charge in [0.1, 0.15) is 5.75 Å². The van der Waals surface area contributed by atoms with Gasteiger partial charge in [0.05, 0.1) is 17.3 Å². The number of carbonyl (C=O) groups is 1. The van der Waals surface area contributed by atoms with Crippen LogP contribution in [0.2, 0.25) is 5.02 Å². The van der Waals surface area contributed by atoms with Crippen LogP contribution in [-0.2, 0) is 4.74 Å². The highest BCUT2D eigenvalue weighted by molar-refractivity contribution is 6.32. The van der Waals surface area contributed by atoms with Gasteiger partial charge in [-0.2, -0.15) is 5.10 Å². The smallest absolute Gasteiger partial charge is 0.412 e. The third-order valence-corrected chi connectivity index (χ3v) is 3.42. The van der Waals surface area contributed by atoms with E-state index in [1.165, 1.54) is 5.01 Å². The van der Waals surface area contributed by atoms with E-state index in [2.05, 4.69) is 10.1 Å². The van der Waals surface area contributed by atoms with Crippen LogP contribution >= 0.6 is 11.6 Å². The summed E-state index contributed by atoms with van der Waals surface area (Å²) in [6, 6.07) is 5.10. The Kier molecular flexibility index (Phi) is 4.87. The molecule has 1 unspecified atom stereocenters. The van der Waals surface area contributed by atoms with Gasteiger partial charge in [0, 0.05) is 18.0 Å². The molecule has 1 aliphatic heterocycles. The van der Waals surface area contributed by atoms with E-state index in [4.69, 9.17) is 22.1 Å². The first-order chi connectivity index (χ1) is 10.4. The fraction of sp³-hybridized carbons (Fsp3) is 0.357. The van der Waals surface area contributed by atoms with E-state index in [0.29, 0.717) is 24.4 Å². The number of primary amides is 1. The van der Waals surface area contributed by atoms with E-state index >= 15 is 0 Å². The maximum Gasteiger partial charge on any atom is 0.412 e. The van der Waals surface area contributed by atoms with E-state index in [1.54, 1.807) is 25.1 Å². The van der Waals surface area contributed by atoms with Crippen LogP contribution in [0.15, 0.2) is 28.3 Å². The molecule has 1 heterocycles. The van der Waals surface area contributed by atoms with Crippen LogP contribution in [0.4, 0.5) is 4.79 Å². The maximum atomic E-state index is 11.0. The van der Waals surface area contributed by atoms with Gasteiger partial charge in [-0.05, 0) is 19.1 Å². The summed E-state index contributed by atoms with van der Waals surface area (Å²) in [5.74, 6) is -0.0377. The molecule has 1 aromatic carbocycles. The summed E-state index contributed by atoms with van der Waals surface area (Å²) >= 11 is 5.93. The fourth-order valence-corrected chi connectivity index (χ4v) is 2.34. The lowest BCUT2D eigenvalue weighted by Crippen LogP contribution is -2.32. The third kappa shape index (κ3) is 3.30. The van der Waals surface area contributed by atoms with E-state index in [1.807, 2.05) is 6.92 Å². The molecule has 8 heteroatoms. The number of aliphatic imine (C=N–C) groups is 1. The molecule has 22 heavy (non-hydrogen) atoms. The van der Waals surface area contributed by atoms with Crippen LogP contribution in [0.1, 0.15) is 19.4 Å². The van der Waals surface area contributed by atoms with Crippen molar-refractivity contribution >= 4 is 29.4 Å². The SMILES string of the molecule is CCN=C(OC(N)=O)N1CC(C)C(c2cccc(Cl)c2O)=N1. The van der Waals surface area contributed by atoms with Crippen LogP contribution in [0.5, 0.6) is 5.75 Å². The number of para-hydroxylation sites is 1. The highest BCUT2D eigenvalue weighted by Gasteiger charge is 2.30. The average Bonchev–Trinajstić information content (AvgIpc) is 2.83. The Bertz CT molecular complexity index is 645. The summed E-state index contributed by atoms with van der Waals surface area (Å²) in [6.07, 6.45) is -0.950. The van der Waals surface area contributed by atoms with Crippen molar-refractivity contribution in [2.75, 3.05) is 13.1 Å². The van der Waals surface area contributed by atoms with Crippen molar-refractivity contribution in [1.29, 1.82) is 0 Å². The molecule has 0 aliphatic carbocycles. The van der Waals surface area contributed by atoms with Gasteiger partial charge in [0.2, 0.25) is 0 Å². The molecule has 1 atom stereocenters. The number of nitrogens with two attached hydrogens (primary N) is 1. The minimum Gasteiger partial charge on any atom is -0.506 e. The highest BCUT2D eigenvalue weighted by atomic mass is 35.5. The molecule has 0 aromatic heterocycles. The molecule has 3 N–H and O–H groups in total. The number of phenolic OH excluding ortho intramolecular Hbond substituents is 1. The molecule has 1 amide bonds. The highest BCUT2D eigenvalue weighted by Crippen LogP contribution is 2.31. The van der Waals surface area contributed by atoms with Gasteiger partial charge in [-0.15, -0.1) is 0 Å². The lowest BCUT2D eigenvalue weighted by molar-refractivity contribution is 0.195. The summed E-state index contributed by atoms with van der Waals surface area (Å²) in [5, 5.41) is 16.2. The zero-order chi connectivity index (χ0) is 16.3. The number of hydrogen-bond acceptors (Lipinski definition) is 5. The van der Waals surface area contributed by atoms with Gasteiger partial charge in [0.25, 0.3) is 0 Å². The van der Waals surface area contributed by atoms with Crippen LogP contribution in [0.25, 0.3) is 0 Å². The minimum atomic E-state index is -0.950. The van der Waals surface area contributed by atoms with E-state index in [9.17, 15) is 9.90 Å². The number of benzene rings is 1. The predicted molar refractivity (Wildman–Crippen MR) is 84.2 cm³/mol. The number of hydrogen-bond donors (Lipinski definition) is 2. The van der Waals surface area contributed by atoms with Gasteiger partial charge < -0.3 is 15.6 Å². The maximum absolute atomic E-state index is 11.0. The number of ether oxygens (including phenoxy) is 1. The molecule has 1 aromatic rings. The second kappa shape index (κ2) is 6.65. The molecule has 2 rings (SSSR count). The third-order valence-electron chi connectivity index (χ3n) is 3.11. The number of nitrogens with zero attached hydrogens (tertiary/aromatic N) is 3. The largest absolute Gasteiger partial charge is 0.506 e. The van der Waals surface area contributed by atoms with Crippen molar-refractivity contribution in [3.8, 4) is 5.75 Å². The number of hydrazone groups is 1. The molecule has 0 radical (unpaired) electrons. The summed E-state index contributed by atoms with van der Waals surface area (Å²) in [7, 11) is 0. The Balaban J connectivity index is 2.35. The molecule has 7 nitrogen and oxygen atoms in total. The van der Waals surface area contributed by atoms with Gasteiger partial charge in [-0.25, -0.2) is 14.8 Å². The summed E-state index contributed by atoms with van der Waals surface area (Å²) in [4.78, 5) is 15.0. The normalized spacial score (nSPS) is 18.3. The van der Waals surface area contributed by atoms with Gasteiger partial charge in [-0.3, -0.25) is 0 Å². The van der Waals surface area contributed by atoms with Crippen LogP contribution in [0, 0.1) is 5.92 Å². The minimum absolute atomic E-state index is 0.0112. The Morgan fingerprint density at radius 2 is 2.36 bits per heavy atom. The van der Waals surface area contributed by atoms with Crippen LogP contribution in [-0.4, -0.2) is 41.0 Å². The Labute approximate surface area is 133 Å². The number of carbonyl (C=O) groups excluding carboxylic acids is 1. The first-order valence-electron chi connectivity index (χ1n) is 6.79. The molecule has 0 saturated heterocycles. The van der Waals surface area contributed by atoms with Gasteiger partial charge >= 0.3 is 12.1 Å². The van der Waals surface area contributed by atoms with Gasteiger partial charge in [-0.1, -0.05) is 24.6 Å². The van der Waals surface area contributed by atoms with E-state index < -0.39 is 6.09 Å². The molecule has 0 fully saturated rings. The molecular formula is C14H17ClN4O3. The zero-order valence-corrected chi connectivity index (χ0v) is 13.0. The van der Waals surface area contributed by atoms with Crippen molar-refractivity contribution in [2.24, 2.45) is 21.7 Å². The van der Waals surface area contributed by atoms with E-state index in [-0.39, 0.29) is 22.7 Å². The average molecular weight is 325 g/mol. The predicted octanol–water partition coefficient (Wildman–Crippen LogP) is 2.17. The topological polar surface area (TPSA) is 101 Å². The number of phenols is 1. The van der Waals surface area contributed by atoms with E-state index in [0.717, 1.165) is 0 Å². The Morgan fingerprint density at radius 1 is 1.64 bits per heavy atom.